The Hall–Kier alpha value is -1.65. The van der Waals surface area contributed by atoms with Crippen molar-refractivity contribution >= 4 is 16.9 Å². The first-order chi connectivity index (χ1) is 8.72. The van der Waals surface area contributed by atoms with E-state index in [2.05, 4.69) is 15.1 Å². The van der Waals surface area contributed by atoms with Gasteiger partial charge in [-0.25, -0.2) is 4.98 Å². The first-order valence-corrected chi connectivity index (χ1v) is 6.75. The fraction of sp³-hybridized carbons (Fsp3) is 0.615. The van der Waals surface area contributed by atoms with Crippen molar-refractivity contribution in [3.8, 4) is 0 Å². The normalized spacial score (nSPS) is 17.4. The Morgan fingerprint density at radius 1 is 1.39 bits per heavy atom. The number of imidazole rings is 1. The van der Waals surface area contributed by atoms with Crippen LogP contribution in [0.1, 0.15) is 37.9 Å². The largest absolute Gasteiger partial charge is 0.377 e. The lowest BCUT2D eigenvalue weighted by atomic mass is 9.89. The van der Waals surface area contributed by atoms with Crippen LogP contribution in [-0.2, 0) is 6.54 Å². The molecule has 0 saturated heterocycles. The van der Waals surface area contributed by atoms with Crippen molar-refractivity contribution in [3.63, 3.8) is 0 Å². The van der Waals surface area contributed by atoms with E-state index in [4.69, 9.17) is 5.73 Å². The topological polar surface area (TPSA) is 71.5 Å². The number of hydrogen-bond acceptors (Lipinski definition) is 3. The molecule has 5 heteroatoms. The van der Waals surface area contributed by atoms with E-state index >= 15 is 0 Å². The molecule has 0 aliphatic heterocycles. The second kappa shape index (κ2) is 4.55. The summed E-state index contributed by atoms with van der Waals surface area (Å²) in [6.45, 7) is 2.91. The highest BCUT2D eigenvalue weighted by molar-refractivity contribution is 5.82. The number of anilines is 1. The highest BCUT2D eigenvalue weighted by Gasteiger charge is 2.20. The standard InChI is InChI=1S/C13H19N5/c1-9-15-11-8-18(17-13(14)12(11)16-9)7-10-5-3-2-4-6-10/h8,10H,2-7H2,1H3,(H2,14,17)/p+1. The maximum absolute atomic E-state index is 5.96. The molecule has 1 fully saturated rings. The Kier molecular flexibility index (Phi) is 2.89. The molecular formula is C13H20N5+. The molecule has 2 heterocycles. The quantitative estimate of drug-likeness (QED) is 0.792. The zero-order valence-electron chi connectivity index (χ0n) is 10.8. The van der Waals surface area contributed by atoms with Crippen LogP contribution < -0.4 is 10.4 Å². The monoisotopic (exact) mass is 246 g/mol. The minimum Gasteiger partial charge on any atom is -0.377 e. The minimum absolute atomic E-state index is 0.521. The van der Waals surface area contributed by atoms with Gasteiger partial charge in [0.05, 0.1) is 0 Å². The number of H-pyrrole nitrogens is 1. The van der Waals surface area contributed by atoms with Gasteiger partial charge in [0.2, 0.25) is 12.0 Å². The Labute approximate surface area is 106 Å². The zero-order valence-corrected chi connectivity index (χ0v) is 10.8. The number of hydrogen-bond donors (Lipinski definition) is 2. The first-order valence-electron chi connectivity index (χ1n) is 6.75. The summed E-state index contributed by atoms with van der Waals surface area (Å²) in [7, 11) is 0. The lowest BCUT2D eigenvalue weighted by Gasteiger charge is -2.17. The van der Waals surface area contributed by atoms with Crippen LogP contribution in [-0.4, -0.2) is 15.1 Å². The van der Waals surface area contributed by atoms with Crippen LogP contribution in [0.2, 0.25) is 0 Å². The number of aromatic nitrogens is 4. The van der Waals surface area contributed by atoms with E-state index in [0.29, 0.717) is 5.82 Å². The molecule has 1 aliphatic rings. The molecular weight excluding hydrogens is 226 g/mol. The molecule has 0 bridgehead atoms. The summed E-state index contributed by atoms with van der Waals surface area (Å²) in [5, 5.41) is 4.42. The molecule has 2 aromatic rings. The van der Waals surface area contributed by atoms with Crippen LogP contribution in [0.4, 0.5) is 5.82 Å². The fourth-order valence-corrected chi connectivity index (χ4v) is 2.89. The van der Waals surface area contributed by atoms with Crippen LogP contribution in [0.3, 0.4) is 0 Å². The molecule has 0 atom stereocenters. The number of nitrogens with one attached hydrogen (secondary N) is 1. The predicted molar refractivity (Wildman–Crippen MR) is 69.8 cm³/mol. The third kappa shape index (κ3) is 2.17. The fourth-order valence-electron chi connectivity index (χ4n) is 2.89. The molecule has 0 aromatic carbocycles. The van der Waals surface area contributed by atoms with Gasteiger partial charge >= 0.3 is 0 Å². The van der Waals surface area contributed by atoms with Crippen molar-refractivity contribution < 1.29 is 4.68 Å². The third-order valence-corrected chi connectivity index (χ3v) is 3.78. The maximum atomic E-state index is 5.96. The van der Waals surface area contributed by atoms with Crippen LogP contribution in [0, 0.1) is 12.8 Å². The van der Waals surface area contributed by atoms with E-state index in [1.807, 2.05) is 17.8 Å². The Bertz CT molecular complexity index is 554. The molecule has 18 heavy (non-hydrogen) atoms. The smallest absolute Gasteiger partial charge is 0.222 e. The third-order valence-electron chi connectivity index (χ3n) is 3.78. The van der Waals surface area contributed by atoms with E-state index < -0.39 is 0 Å². The van der Waals surface area contributed by atoms with Gasteiger partial charge < -0.3 is 10.7 Å². The van der Waals surface area contributed by atoms with Crippen LogP contribution in [0.5, 0.6) is 0 Å². The van der Waals surface area contributed by atoms with Gasteiger partial charge in [0.25, 0.3) is 0 Å². The molecule has 1 saturated carbocycles. The first kappa shape index (κ1) is 11.4. The van der Waals surface area contributed by atoms with Crippen molar-refractivity contribution in [2.24, 2.45) is 5.92 Å². The molecule has 1 aliphatic carbocycles. The summed E-state index contributed by atoms with van der Waals surface area (Å²) in [4.78, 5) is 7.57. The Balaban J connectivity index is 1.87. The minimum atomic E-state index is 0.521. The molecule has 96 valence electrons. The van der Waals surface area contributed by atoms with Gasteiger partial charge in [0.1, 0.15) is 16.9 Å². The number of aryl methyl sites for hydroxylation is 1. The van der Waals surface area contributed by atoms with Gasteiger partial charge in [-0.15, -0.1) is 0 Å². The van der Waals surface area contributed by atoms with Crippen LogP contribution >= 0.6 is 0 Å². The number of nitrogen functional groups attached to an aromatic ring is 1. The number of aromatic amines is 1. The van der Waals surface area contributed by atoms with Gasteiger partial charge in [-0.3, -0.25) is 0 Å². The SMILES string of the molecule is Cc1nc2c(N)n[n+](CC3CCCCC3)cc2[nH]1. The molecule has 2 aromatic heterocycles. The summed E-state index contributed by atoms with van der Waals surface area (Å²) in [6, 6.07) is 0. The summed E-state index contributed by atoms with van der Waals surface area (Å²) in [6.07, 6.45) is 8.75. The molecule has 0 unspecified atom stereocenters. The summed E-state index contributed by atoms with van der Waals surface area (Å²) in [5.41, 5.74) is 7.73. The zero-order chi connectivity index (χ0) is 12.5. The second-order valence-electron chi connectivity index (χ2n) is 5.32. The van der Waals surface area contributed by atoms with Gasteiger partial charge in [0, 0.05) is 11.0 Å². The van der Waals surface area contributed by atoms with E-state index in [1.165, 1.54) is 32.1 Å². The van der Waals surface area contributed by atoms with Crippen LogP contribution in [0.25, 0.3) is 11.0 Å². The van der Waals surface area contributed by atoms with Crippen molar-refractivity contribution in [1.82, 2.24) is 15.1 Å². The molecule has 5 nitrogen and oxygen atoms in total. The van der Waals surface area contributed by atoms with E-state index in [-0.39, 0.29) is 0 Å². The van der Waals surface area contributed by atoms with Gasteiger partial charge in [-0.1, -0.05) is 23.9 Å². The average molecular weight is 246 g/mol. The van der Waals surface area contributed by atoms with E-state index in [1.54, 1.807) is 0 Å². The lowest BCUT2D eigenvalue weighted by Crippen LogP contribution is -2.42. The van der Waals surface area contributed by atoms with Gasteiger partial charge in [-0.2, -0.15) is 0 Å². The van der Waals surface area contributed by atoms with Crippen molar-refractivity contribution in [2.75, 3.05) is 5.73 Å². The Morgan fingerprint density at radius 2 is 2.17 bits per heavy atom. The predicted octanol–water partition coefficient (Wildman–Crippen LogP) is 1.72. The van der Waals surface area contributed by atoms with Crippen LogP contribution in [0.15, 0.2) is 6.20 Å². The lowest BCUT2D eigenvalue weighted by molar-refractivity contribution is -0.757. The number of rotatable bonds is 2. The van der Waals surface area contributed by atoms with Crippen molar-refractivity contribution in [2.45, 2.75) is 45.6 Å². The Morgan fingerprint density at radius 3 is 2.94 bits per heavy atom. The van der Waals surface area contributed by atoms with E-state index in [0.717, 1.165) is 29.3 Å². The van der Waals surface area contributed by atoms with Crippen molar-refractivity contribution in [1.29, 1.82) is 0 Å². The molecule has 0 spiro atoms. The van der Waals surface area contributed by atoms with Gasteiger partial charge in [-0.05, 0) is 19.8 Å². The van der Waals surface area contributed by atoms with Gasteiger partial charge in [0.15, 0.2) is 6.54 Å². The van der Waals surface area contributed by atoms with E-state index in [9.17, 15) is 0 Å². The summed E-state index contributed by atoms with van der Waals surface area (Å²) >= 11 is 0. The number of nitrogens with two attached hydrogens (primary N) is 1. The highest BCUT2D eigenvalue weighted by atomic mass is 15.3. The molecule has 3 N–H and O–H groups in total. The average Bonchev–Trinajstić information content (AvgIpc) is 2.72. The maximum Gasteiger partial charge on any atom is 0.222 e. The van der Waals surface area contributed by atoms with Crippen molar-refractivity contribution in [3.05, 3.63) is 12.0 Å². The number of fused-ring (bicyclic) bond motifs is 1. The second-order valence-corrected chi connectivity index (χ2v) is 5.32. The summed E-state index contributed by atoms with van der Waals surface area (Å²) < 4.78 is 1.98. The molecule has 0 radical (unpaired) electrons. The summed E-state index contributed by atoms with van der Waals surface area (Å²) in [5.74, 6) is 2.15. The highest BCUT2D eigenvalue weighted by Crippen LogP contribution is 2.23. The number of nitrogens with zero attached hydrogens (tertiary/aromatic N) is 3. The molecule has 0 amide bonds. The molecule has 3 rings (SSSR count).